The van der Waals surface area contributed by atoms with E-state index in [1.165, 1.54) is 0 Å². The van der Waals surface area contributed by atoms with E-state index in [1.807, 2.05) is 6.07 Å². The lowest BCUT2D eigenvalue weighted by atomic mass is 10.2. The van der Waals surface area contributed by atoms with Gasteiger partial charge in [-0.3, -0.25) is 0 Å². The zero-order valence-electron chi connectivity index (χ0n) is 11.9. The van der Waals surface area contributed by atoms with E-state index in [0.29, 0.717) is 12.1 Å². The van der Waals surface area contributed by atoms with E-state index in [2.05, 4.69) is 16.5 Å². The fourth-order valence-corrected chi connectivity index (χ4v) is 2.40. The number of hydrogen-bond acceptors (Lipinski definition) is 3. The first-order chi connectivity index (χ1) is 9.69. The van der Waals surface area contributed by atoms with E-state index in [0.717, 1.165) is 37.1 Å². The zero-order valence-corrected chi connectivity index (χ0v) is 11.9. The zero-order chi connectivity index (χ0) is 14.5. The summed E-state index contributed by atoms with van der Waals surface area (Å²) < 4.78 is 7.20. The van der Waals surface area contributed by atoms with Gasteiger partial charge in [0.05, 0.1) is 11.1 Å². The lowest BCUT2D eigenvalue weighted by molar-refractivity contribution is 0.0699. The van der Waals surface area contributed by atoms with Crippen molar-refractivity contribution in [1.82, 2.24) is 9.55 Å². The van der Waals surface area contributed by atoms with Gasteiger partial charge in [0.1, 0.15) is 11.3 Å². The highest BCUT2D eigenvalue weighted by molar-refractivity contribution is 6.01. The number of ether oxygens (including phenoxy) is 1. The fourth-order valence-electron chi connectivity index (χ4n) is 2.40. The molecule has 1 aromatic heterocycles. The SMILES string of the molecule is CCCc1nc2c(C(=O)O)cccc2n1CCCOC. The molecule has 0 aliphatic carbocycles. The normalized spacial score (nSPS) is 11.1. The number of methoxy groups -OCH3 is 1. The minimum atomic E-state index is -0.930. The van der Waals surface area contributed by atoms with Gasteiger partial charge in [-0.1, -0.05) is 13.0 Å². The average molecular weight is 276 g/mol. The molecule has 2 aromatic rings. The lowest BCUT2D eigenvalue weighted by Gasteiger charge is -2.08. The van der Waals surface area contributed by atoms with Crippen LogP contribution in [0.3, 0.4) is 0 Å². The van der Waals surface area contributed by atoms with Gasteiger partial charge in [-0.05, 0) is 25.0 Å². The maximum absolute atomic E-state index is 11.3. The number of aromatic nitrogens is 2. The van der Waals surface area contributed by atoms with Gasteiger partial charge in [-0.2, -0.15) is 0 Å². The number of carboxylic acids is 1. The molecule has 0 atom stereocenters. The van der Waals surface area contributed by atoms with Crippen LogP contribution in [0.5, 0.6) is 0 Å². The molecule has 2 rings (SSSR count). The molecule has 0 unspecified atom stereocenters. The second-order valence-corrected chi connectivity index (χ2v) is 4.75. The van der Waals surface area contributed by atoms with E-state index >= 15 is 0 Å². The van der Waals surface area contributed by atoms with Crippen molar-refractivity contribution in [3.63, 3.8) is 0 Å². The van der Waals surface area contributed by atoms with Gasteiger partial charge in [0.25, 0.3) is 0 Å². The molecule has 1 N–H and O–H groups in total. The second kappa shape index (κ2) is 6.52. The number of aryl methyl sites for hydroxylation is 2. The second-order valence-electron chi connectivity index (χ2n) is 4.75. The summed E-state index contributed by atoms with van der Waals surface area (Å²) in [5.41, 5.74) is 1.75. The third-order valence-corrected chi connectivity index (χ3v) is 3.29. The highest BCUT2D eigenvalue weighted by Crippen LogP contribution is 2.21. The Labute approximate surface area is 118 Å². The topological polar surface area (TPSA) is 64.3 Å². The summed E-state index contributed by atoms with van der Waals surface area (Å²) in [6.45, 7) is 3.57. The maximum Gasteiger partial charge on any atom is 0.337 e. The first-order valence-corrected chi connectivity index (χ1v) is 6.89. The van der Waals surface area contributed by atoms with Crippen molar-refractivity contribution in [2.24, 2.45) is 0 Å². The van der Waals surface area contributed by atoms with Crippen molar-refractivity contribution in [1.29, 1.82) is 0 Å². The Bertz CT molecular complexity index is 604. The molecule has 0 radical (unpaired) electrons. The maximum atomic E-state index is 11.3. The smallest absolute Gasteiger partial charge is 0.337 e. The summed E-state index contributed by atoms with van der Waals surface area (Å²) >= 11 is 0. The number of fused-ring (bicyclic) bond motifs is 1. The Morgan fingerprint density at radius 3 is 2.90 bits per heavy atom. The summed E-state index contributed by atoms with van der Waals surface area (Å²) in [4.78, 5) is 15.8. The molecule has 0 amide bonds. The summed E-state index contributed by atoms with van der Waals surface area (Å²) in [5.74, 6) is 0.0208. The Hall–Kier alpha value is -1.88. The van der Waals surface area contributed by atoms with Crippen LogP contribution in [0.1, 0.15) is 35.9 Å². The molecular weight excluding hydrogens is 256 g/mol. The number of carbonyl (C=O) groups is 1. The lowest BCUT2D eigenvalue weighted by Crippen LogP contribution is -2.06. The third-order valence-electron chi connectivity index (χ3n) is 3.29. The molecule has 108 valence electrons. The first-order valence-electron chi connectivity index (χ1n) is 6.89. The van der Waals surface area contributed by atoms with Crippen LogP contribution >= 0.6 is 0 Å². The number of rotatable bonds is 7. The Morgan fingerprint density at radius 2 is 2.25 bits per heavy atom. The first kappa shape index (κ1) is 14.5. The van der Waals surface area contributed by atoms with Crippen molar-refractivity contribution in [2.75, 3.05) is 13.7 Å². The molecule has 20 heavy (non-hydrogen) atoms. The van der Waals surface area contributed by atoms with Crippen molar-refractivity contribution >= 4 is 17.0 Å². The van der Waals surface area contributed by atoms with Gasteiger partial charge < -0.3 is 14.4 Å². The number of carboxylic acid groups (broad SMARTS) is 1. The van der Waals surface area contributed by atoms with Crippen LogP contribution in [-0.4, -0.2) is 34.3 Å². The quantitative estimate of drug-likeness (QED) is 0.790. The van der Waals surface area contributed by atoms with Crippen LogP contribution in [0.2, 0.25) is 0 Å². The van der Waals surface area contributed by atoms with Crippen LogP contribution in [-0.2, 0) is 17.7 Å². The number of para-hydroxylation sites is 1. The van der Waals surface area contributed by atoms with Gasteiger partial charge in [-0.25, -0.2) is 9.78 Å². The molecule has 0 spiro atoms. The van der Waals surface area contributed by atoms with Gasteiger partial charge >= 0.3 is 5.97 Å². The molecule has 0 bridgehead atoms. The van der Waals surface area contributed by atoms with E-state index in [-0.39, 0.29) is 5.56 Å². The molecule has 0 fully saturated rings. The predicted octanol–water partition coefficient (Wildman–Crippen LogP) is 2.72. The third kappa shape index (κ3) is 2.82. The van der Waals surface area contributed by atoms with Crippen LogP contribution < -0.4 is 0 Å². The average Bonchev–Trinajstić information content (AvgIpc) is 2.77. The predicted molar refractivity (Wildman–Crippen MR) is 77.2 cm³/mol. The monoisotopic (exact) mass is 276 g/mol. The van der Waals surface area contributed by atoms with Crippen molar-refractivity contribution < 1.29 is 14.6 Å². The Balaban J connectivity index is 2.48. The molecule has 5 nitrogen and oxygen atoms in total. The van der Waals surface area contributed by atoms with Gasteiger partial charge in [0, 0.05) is 26.7 Å². The largest absolute Gasteiger partial charge is 0.478 e. The summed E-state index contributed by atoms with van der Waals surface area (Å²) in [6, 6.07) is 5.31. The molecule has 1 aromatic carbocycles. The van der Waals surface area contributed by atoms with Gasteiger partial charge in [0.15, 0.2) is 0 Å². The number of aromatic carboxylic acids is 1. The van der Waals surface area contributed by atoms with E-state index in [1.54, 1.807) is 19.2 Å². The number of hydrogen-bond donors (Lipinski definition) is 1. The molecular formula is C15H20N2O3. The standard InChI is InChI=1S/C15H20N2O3/c1-3-6-13-16-14-11(15(18)19)7-4-8-12(14)17(13)9-5-10-20-2/h4,7-8H,3,5-6,9-10H2,1-2H3,(H,18,19). The minimum absolute atomic E-state index is 0.269. The van der Waals surface area contributed by atoms with Gasteiger partial charge in [-0.15, -0.1) is 0 Å². The molecule has 0 aliphatic heterocycles. The van der Waals surface area contributed by atoms with Crippen molar-refractivity contribution in [3.8, 4) is 0 Å². The number of benzene rings is 1. The summed E-state index contributed by atoms with van der Waals surface area (Å²) in [7, 11) is 1.68. The van der Waals surface area contributed by atoms with Crippen LogP contribution in [0.15, 0.2) is 18.2 Å². The van der Waals surface area contributed by atoms with Crippen LogP contribution in [0.25, 0.3) is 11.0 Å². The highest BCUT2D eigenvalue weighted by atomic mass is 16.5. The van der Waals surface area contributed by atoms with Gasteiger partial charge in [0.2, 0.25) is 0 Å². The summed E-state index contributed by atoms with van der Waals surface area (Å²) in [6.07, 6.45) is 2.71. The van der Waals surface area contributed by atoms with Crippen molar-refractivity contribution in [2.45, 2.75) is 32.7 Å². The number of imidazole rings is 1. The summed E-state index contributed by atoms with van der Waals surface area (Å²) in [5, 5.41) is 9.26. The Kier molecular flexibility index (Phi) is 4.74. The van der Waals surface area contributed by atoms with E-state index < -0.39 is 5.97 Å². The molecule has 0 saturated heterocycles. The minimum Gasteiger partial charge on any atom is -0.478 e. The fraction of sp³-hybridized carbons (Fsp3) is 0.467. The Morgan fingerprint density at radius 1 is 1.45 bits per heavy atom. The molecule has 5 heteroatoms. The van der Waals surface area contributed by atoms with Crippen LogP contribution in [0.4, 0.5) is 0 Å². The van der Waals surface area contributed by atoms with Crippen LogP contribution in [0, 0.1) is 0 Å². The van der Waals surface area contributed by atoms with Crippen molar-refractivity contribution in [3.05, 3.63) is 29.6 Å². The molecule has 0 saturated carbocycles. The molecule has 1 heterocycles. The molecule has 0 aliphatic rings. The van der Waals surface area contributed by atoms with E-state index in [4.69, 9.17) is 4.74 Å². The van der Waals surface area contributed by atoms with E-state index in [9.17, 15) is 9.90 Å². The number of nitrogens with zero attached hydrogens (tertiary/aromatic N) is 2. The highest BCUT2D eigenvalue weighted by Gasteiger charge is 2.16.